The molecular formula is C16H13ClN4O3. The number of rotatable bonds is 6. The van der Waals surface area contributed by atoms with Crippen LogP contribution in [0.1, 0.15) is 17.9 Å². The highest BCUT2D eigenvalue weighted by Gasteiger charge is 2.12. The normalized spacial score (nSPS) is 10.5. The molecule has 3 aromatic heterocycles. The van der Waals surface area contributed by atoms with E-state index in [1.165, 1.54) is 0 Å². The minimum atomic E-state index is -0.359. The van der Waals surface area contributed by atoms with Gasteiger partial charge in [-0.1, -0.05) is 28.9 Å². The van der Waals surface area contributed by atoms with Gasteiger partial charge in [0.25, 0.3) is 0 Å². The molecule has 0 aliphatic rings. The monoisotopic (exact) mass is 344 g/mol. The molecule has 0 amide bonds. The molecule has 0 aromatic carbocycles. The summed E-state index contributed by atoms with van der Waals surface area (Å²) in [5, 5.41) is 4.24. The first kappa shape index (κ1) is 16.1. The maximum Gasteiger partial charge on any atom is 0.306 e. The lowest BCUT2D eigenvalue weighted by atomic mass is 10.3. The molecule has 0 fully saturated rings. The maximum absolute atomic E-state index is 11.8. The molecule has 0 aliphatic carbocycles. The van der Waals surface area contributed by atoms with Crippen molar-refractivity contribution < 1.29 is 14.1 Å². The summed E-state index contributed by atoms with van der Waals surface area (Å²) in [6.45, 7) is 0.145. The fourth-order valence-corrected chi connectivity index (χ4v) is 2.00. The molecule has 0 radical (unpaired) electrons. The van der Waals surface area contributed by atoms with Crippen molar-refractivity contribution in [2.75, 3.05) is 0 Å². The van der Waals surface area contributed by atoms with Crippen LogP contribution in [0.5, 0.6) is 0 Å². The second-order valence-corrected chi connectivity index (χ2v) is 5.26. The largest absolute Gasteiger partial charge is 0.461 e. The summed E-state index contributed by atoms with van der Waals surface area (Å²) in [5.74, 6) is 0.398. The van der Waals surface area contributed by atoms with Gasteiger partial charge in [-0.15, -0.1) is 0 Å². The molecule has 24 heavy (non-hydrogen) atoms. The van der Waals surface area contributed by atoms with Crippen LogP contribution in [0.25, 0.3) is 11.5 Å². The zero-order valence-corrected chi connectivity index (χ0v) is 13.3. The maximum atomic E-state index is 11.8. The molecule has 3 rings (SSSR count). The van der Waals surface area contributed by atoms with E-state index in [2.05, 4.69) is 20.1 Å². The van der Waals surface area contributed by atoms with Crippen LogP contribution in [0.15, 0.2) is 47.2 Å². The number of hydrogen-bond donors (Lipinski definition) is 0. The highest BCUT2D eigenvalue weighted by atomic mass is 35.5. The van der Waals surface area contributed by atoms with Crippen molar-refractivity contribution in [2.45, 2.75) is 19.4 Å². The van der Waals surface area contributed by atoms with E-state index >= 15 is 0 Å². The van der Waals surface area contributed by atoms with Crippen LogP contribution < -0.4 is 0 Å². The molecule has 0 aliphatic heterocycles. The van der Waals surface area contributed by atoms with Gasteiger partial charge in [-0.2, -0.15) is 4.98 Å². The van der Waals surface area contributed by atoms with Crippen molar-refractivity contribution in [1.82, 2.24) is 20.1 Å². The van der Waals surface area contributed by atoms with Crippen LogP contribution in [0, 0.1) is 0 Å². The zero-order chi connectivity index (χ0) is 16.8. The van der Waals surface area contributed by atoms with E-state index in [0.29, 0.717) is 29.0 Å². The van der Waals surface area contributed by atoms with Crippen molar-refractivity contribution >= 4 is 17.6 Å². The first-order chi connectivity index (χ1) is 11.7. The lowest BCUT2D eigenvalue weighted by Gasteiger charge is -2.03. The number of aromatic nitrogens is 4. The van der Waals surface area contributed by atoms with Crippen molar-refractivity contribution in [3.63, 3.8) is 0 Å². The molecule has 0 atom stereocenters. The number of halogens is 1. The van der Waals surface area contributed by atoms with E-state index in [4.69, 9.17) is 20.9 Å². The van der Waals surface area contributed by atoms with Gasteiger partial charge in [0.1, 0.15) is 17.5 Å². The van der Waals surface area contributed by atoms with Crippen molar-refractivity contribution in [1.29, 1.82) is 0 Å². The van der Waals surface area contributed by atoms with Crippen LogP contribution in [0.3, 0.4) is 0 Å². The van der Waals surface area contributed by atoms with Crippen LogP contribution in [0.2, 0.25) is 5.15 Å². The fraction of sp³-hybridized carbons (Fsp3) is 0.188. The highest BCUT2D eigenvalue weighted by molar-refractivity contribution is 6.29. The van der Waals surface area contributed by atoms with Gasteiger partial charge < -0.3 is 9.26 Å². The average molecular weight is 345 g/mol. The third-order valence-electron chi connectivity index (χ3n) is 3.09. The molecule has 0 saturated heterocycles. The summed E-state index contributed by atoms with van der Waals surface area (Å²) in [6.07, 6.45) is 3.66. The molecule has 0 unspecified atom stereocenters. The summed E-state index contributed by atoms with van der Waals surface area (Å²) in [5.41, 5.74) is 1.38. The highest BCUT2D eigenvalue weighted by Crippen LogP contribution is 2.13. The number of hydrogen-bond acceptors (Lipinski definition) is 7. The summed E-state index contributed by atoms with van der Waals surface area (Å²) in [4.78, 5) is 24.0. The Balaban J connectivity index is 1.48. The average Bonchev–Trinajstić information content (AvgIpc) is 3.09. The molecule has 0 bridgehead atoms. The Kier molecular flexibility index (Phi) is 5.12. The Morgan fingerprint density at radius 3 is 2.88 bits per heavy atom. The number of pyridine rings is 2. The smallest absolute Gasteiger partial charge is 0.306 e. The number of carbonyl (C=O) groups is 1. The van der Waals surface area contributed by atoms with Crippen molar-refractivity contribution in [2.24, 2.45) is 0 Å². The molecule has 0 saturated carbocycles. The van der Waals surface area contributed by atoms with Gasteiger partial charge in [0.05, 0.1) is 6.42 Å². The van der Waals surface area contributed by atoms with Gasteiger partial charge in [0.15, 0.2) is 0 Å². The Bertz CT molecular complexity index is 806. The van der Waals surface area contributed by atoms with E-state index in [9.17, 15) is 4.79 Å². The van der Waals surface area contributed by atoms with Crippen LogP contribution in [0.4, 0.5) is 0 Å². The quantitative estimate of drug-likeness (QED) is 0.501. The van der Waals surface area contributed by atoms with Gasteiger partial charge in [-0.3, -0.25) is 9.78 Å². The Morgan fingerprint density at radius 1 is 1.21 bits per heavy atom. The zero-order valence-electron chi connectivity index (χ0n) is 12.6. The van der Waals surface area contributed by atoms with E-state index in [0.717, 1.165) is 5.56 Å². The van der Waals surface area contributed by atoms with Crippen molar-refractivity contribution in [3.05, 3.63) is 59.3 Å². The van der Waals surface area contributed by atoms with Crippen LogP contribution >= 0.6 is 11.6 Å². The first-order valence-electron chi connectivity index (χ1n) is 7.21. The second kappa shape index (κ2) is 7.65. The van der Waals surface area contributed by atoms with E-state index < -0.39 is 0 Å². The Morgan fingerprint density at radius 2 is 2.12 bits per heavy atom. The molecule has 8 heteroatoms. The van der Waals surface area contributed by atoms with E-state index in [1.807, 2.05) is 6.07 Å². The minimum absolute atomic E-state index is 0.144. The molecule has 122 valence electrons. The number of nitrogens with zero attached hydrogens (tertiary/aromatic N) is 4. The van der Waals surface area contributed by atoms with Crippen molar-refractivity contribution in [3.8, 4) is 11.5 Å². The van der Waals surface area contributed by atoms with E-state index in [-0.39, 0.29) is 19.0 Å². The van der Waals surface area contributed by atoms with Crippen LogP contribution in [-0.2, 0) is 22.6 Å². The Labute approximate surface area is 142 Å². The molecule has 0 spiro atoms. The van der Waals surface area contributed by atoms with E-state index in [1.54, 1.807) is 36.7 Å². The number of esters is 1. The standard InChI is InChI=1S/C16H13ClN4O3/c17-13-5-4-11(9-19-13)10-23-15(22)7-6-14-20-16(21-24-14)12-3-1-2-8-18-12/h1-5,8-9H,6-7,10H2. The minimum Gasteiger partial charge on any atom is -0.461 e. The number of carbonyl (C=O) groups excluding carboxylic acids is 1. The predicted octanol–water partition coefficient (Wildman–Crippen LogP) is 2.86. The third-order valence-corrected chi connectivity index (χ3v) is 3.32. The summed E-state index contributed by atoms with van der Waals surface area (Å²) in [7, 11) is 0. The number of ether oxygens (including phenoxy) is 1. The molecule has 0 N–H and O–H groups in total. The van der Waals surface area contributed by atoms with Crippen LogP contribution in [-0.4, -0.2) is 26.1 Å². The van der Waals surface area contributed by atoms with Gasteiger partial charge in [0, 0.05) is 24.4 Å². The second-order valence-electron chi connectivity index (χ2n) is 4.88. The third kappa shape index (κ3) is 4.36. The lowest BCUT2D eigenvalue weighted by molar-refractivity contribution is -0.145. The summed E-state index contributed by atoms with van der Waals surface area (Å²) < 4.78 is 10.3. The fourth-order valence-electron chi connectivity index (χ4n) is 1.89. The lowest BCUT2D eigenvalue weighted by Crippen LogP contribution is -2.06. The topological polar surface area (TPSA) is 91.0 Å². The summed E-state index contributed by atoms with van der Waals surface area (Å²) in [6, 6.07) is 8.81. The molecule has 3 aromatic rings. The Hall–Kier alpha value is -2.80. The SMILES string of the molecule is O=C(CCc1nc(-c2ccccn2)no1)OCc1ccc(Cl)nc1. The van der Waals surface area contributed by atoms with Gasteiger partial charge in [-0.25, -0.2) is 4.98 Å². The predicted molar refractivity (Wildman–Crippen MR) is 84.9 cm³/mol. The molecule has 3 heterocycles. The van der Waals surface area contributed by atoms with Gasteiger partial charge >= 0.3 is 5.97 Å². The number of aryl methyl sites for hydroxylation is 1. The molecule has 7 nitrogen and oxygen atoms in total. The molecular weight excluding hydrogens is 332 g/mol. The van der Waals surface area contributed by atoms with Gasteiger partial charge in [0.2, 0.25) is 11.7 Å². The summed E-state index contributed by atoms with van der Waals surface area (Å²) >= 11 is 5.69. The first-order valence-corrected chi connectivity index (χ1v) is 7.58. The van der Waals surface area contributed by atoms with Gasteiger partial charge in [-0.05, 0) is 18.2 Å².